The summed E-state index contributed by atoms with van der Waals surface area (Å²) in [6.07, 6.45) is 4.40. The van der Waals surface area contributed by atoms with Crippen LogP contribution in [0.25, 0.3) is 0 Å². The summed E-state index contributed by atoms with van der Waals surface area (Å²) < 4.78 is 0. The van der Waals surface area contributed by atoms with E-state index in [4.69, 9.17) is 0 Å². The number of nitrogens with zero attached hydrogens (tertiary/aromatic N) is 2. The van der Waals surface area contributed by atoms with Crippen LogP contribution in [0.5, 0.6) is 0 Å². The second kappa shape index (κ2) is 7.79. The SMILES string of the molecule is CNC1CCN(C(=O)C(c2ccccc2)N2CCCCC2=O)CC1. The first-order valence-electron chi connectivity index (χ1n) is 9.01. The smallest absolute Gasteiger partial charge is 0.250 e. The number of amides is 2. The third-order valence-corrected chi connectivity index (χ3v) is 5.24. The molecule has 1 N–H and O–H groups in total. The molecule has 0 radical (unpaired) electrons. The van der Waals surface area contributed by atoms with Gasteiger partial charge in [-0.05, 0) is 38.3 Å². The fourth-order valence-electron chi connectivity index (χ4n) is 3.75. The maximum absolute atomic E-state index is 13.3. The molecule has 1 atom stereocenters. The molecule has 0 bridgehead atoms. The minimum atomic E-state index is -0.467. The summed E-state index contributed by atoms with van der Waals surface area (Å²) >= 11 is 0. The first-order chi connectivity index (χ1) is 11.7. The summed E-state index contributed by atoms with van der Waals surface area (Å²) in [6, 6.07) is 9.78. The zero-order valence-corrected chi connectivity index (χ0v) is 14.4. The lowest BCUT2D eigenvalue weighted by Crippen LogP contribution is -2.50. The number of carbonyl (C=O) groups excluding carboxylic acids is 2. The van der Waals surface area contributed by atoms with Gasteiger partial charge >= 0.3 is 0 Å². The van der Waals surface area contributed by atoms with Crippen LogP contribution in [0.2, 0.25) is 0 Å². The largest absolute Gasteiger partial charge is 0.340 e. The Morgan fingerprint density at radius 1 is 1.12 bits per heavy atom. The summed E-state index contributed by atoms with van der Waals surface area (Å²) in [6.45, 7) is 2.20. The van der Waals surface area contributed by atoms with Gasteiger partial charge in [-0.2, -0.15) is 0 Å². The molecule has 0 aromatic heterocycles. The highest BCUT2D eigenvalue weighted by Crippen LogP contribution is 2.28. The lowest BCUT2D eigenvalue weighted by molar-refractivity contribution is -0.148. The van der Waals surface area contributed by atoms with E-state index >= 15 is 0 Å². The molecule has 2 fully saturated rings. The van der Waals surface area contributed by atoms with Crippen LogP contribution in [0, 0.1) is 0 Å². The predicted molar refractivity (Wildman–Crippen MR) is 93.4 cm³/mol. The van der Waals surface area contributed by atoms with Crippen molar-refractivity contribution in [2.24, 2.45) is 0 Å². The van der Waals surface area contributed by atoms with E-state index in [9.17, 15) is 9.59 Å². The third-order valence-electron chi connectivity index (χ3n) is 5.24. The summed E-state index contributed by atoms with van der Waals surface area (Å²) in [5.41, 5.74) is 0.925. The van der Waals surface area contributed by atoms with Gasteiger partial charge in [-0.25, -0.2) is 0 Å². The fraction of sp³-hybridized carbons (Fsp3) is 0.579. The average Bonchev–Trinajstić information content (AvgIpc) is 2.64. The molecule has 0 aliphatic carbocycles. The van der Waals surface area contributed by atoms with Crippen molar-refractivity contribution < 1.29 is 9.59 Å². The fourth-order valence-corrected chi connectivity index (χ4v) is 3.75. The van der Waals surface area contributed by atoms with Crippen LogP contribution < -0.4 is 5.32 Å². The molecule has 5 heteroatoms. The van der Waals surface area contributed by atoms with Crippen molar-refractivity contribution in [2.75, 3.05) is 26.7 Å². The molecule has 2 aliphatic rings. The van der Waals surface area contributed by atoms with Crippen LogP contribution in [0.4, 0.5) is 0 Å². The van der Waals surface area contributed by atoms with Crippen LogP contribution in [0.1, 0.15) is 43.7 Å². The molecule has 2 saturated heterocycles. The highest BCUT2D eigenvalue weighted by molar-refractivity contribution is 5.89. The molecule has 24 heavy (non-hydrogen) atoms. The van der Waals surface area contributed by atoms with Gasteiger partial charge in [0.25, 0.3) is 0 Å². The maximum Gasteiger partial charge on any atom is 0.250 e. The van der Waals surface area contributed by atoms with Gasteiger partial charge in [0.2, 0.25) is 11.8 Å². The van der Waals surface area contributed by atoms with Crippen molar-refractivity contribution in [2.45, 2.75) is 44.2 Å². The number of carbonyl (C=O) groups is 2. The number of rotatable bonds is 4. The molecule has 5 nitrogen and oxygen atoms in total. The number of likely N-dealkylation sites (tertiary alicyclic amines) is 2. The van der Waals surface area contributed by atoms with Crippen molar-refractivity contribution in [3.8, 4) is 0 Å². The molecule has 2 amide bonds. The number of benzene rings is 1. The molecular weight excluding hydrogens is 302 g/mol. The van der Waals surface area contributed by atoms with E-state index in [0.29, 0.717) is 19.0 Å². The number of nitrogens with one attached hydrogen (secondary N) is 1. The second-order valence-electron chi connectivity index (χ2n) is 6.75. The van der Waals surface area contributed by atoms with Gasteiger partial charge in [0, 0.05) is 32.1 Å². The molecule has 1 aromatic carbocycles. The van der Waals surface area contributed by atoms with Gasteiger partial charge in [0.1, 0.15) is 6.04 Å². The quantitative estimate of drug-likeness (QED) is 0.919. The molecule has 0 spiro atoms. The highest BCUT2D eigenvalue weighted by atomic mass is 16.2. The zero-order chi connectivity index (χ0) is 16.9. The van der Waals surface area contributed by atoms with Crippen molar-refractivity contribution >= 4 is 11.8 Å². The Labute approximate surface area is 144 Å². The topological polar surface area (TPSA) is 52.7 Å². The van der Waals surface area contributed by atoms with E-state index in [1.807, 2.05) is 42.3 Å². The zero-order valence-electron chi connectivity index (χ0n) is 14.4. The summed E-state index contributed by atoms with van der Waals surface area (Å²) in [5.74, 6) is 0.180. The number of hydrogen-bond acceptors (Lipinski definition) is 3. The Bertz CT molecular complexity index is 567. The van der Waals surface area contributed by atoms with E-state index < -0.39 is 6.04 Å². The number of piperidine rings is 2. The Hall–Kier alpha value is -1.88. The Kier molecular flexibility index (Phi) is 5.51. The minimum absolute atomic E-state index is 0.0750. The molecule has 3 rings (SSSR count). The maximum atomic E-state index is 13.3. The van der Waals surface area contributed by atoms with Crippen molar-refractivity contribution in [3.05, 3.63) is 35.9 Å². The normalized spacial score (nSPS) is 21.0. The minimum Gasteiger partial charge on any atom is -0.340 e. The molecular formula is C19H27N3O2. The van der Waals surface area contributed by atoms with Crippen LogP contribution in [-0.4, -0.2) is 54.3 Å². The lowest BCUT2D eigenvalue weighted by atomic mass is 9.98. The van der Waals surface area contributed by atoms with Gasteiger partial charge in [-0.15, -0.1) is 0 Å². The van der Waals surface area contributed by atoms with Gasteiger partial charge < -0.3 is 15.1 Å². The van der Waals surface area contributed by atoms with Crippen LogP contribution >= 0.6 is 0 Å². The third kappa shape index (κ3) is 3.61. The van der Waals surface area contributed by atoms with Gasteiger partial charge in [-0.3, -0.25) is 9.59 Å². The standard InChI is InChI=1S/C19H27N3O2/c1-20-16-10-13-21(14-11-16)19(24)18(15-7-3-2-4-8-15)22-12-6-5-9-17(22)23/h2-4,7-8,16,18,20H,5-6,9-14H2,1H3. The first kappa shape index (κ1) is 17.0. The van der Waals surface area contributed by atoms with Crippen molar-refractivity contribution in [1.29, 1.82) is 0 Å². The molecule has 0 saturated carbocycles. The van der Waals surface area contributed by atoms with E-state index in [2.05, 4.69) is 5.32 Å². The summed E-state index contributed by atoms with van der Waals surface area (Å²) in [4.78, 5) is 29.4. The molecule has 1 unspecified atom stereocenters. The van der Waals surface area contributed by atoms with E-state index in [1.165, 1.54) is 0 Å². The van der Waals surface area contributed by atoms with Crippen LogP contribution in [0.3, 0.4) is 0 Å². The van der Waals surface area contributed by atoms with Crippen LogP contribution in [0.15, 0.2) is 30.3 Å². The molecule has 1 aromatic rings. The average molecular weight is 329 g/mol. The number of hydrogen-bond donors (Lipinski definition) is 1. The first-order valence-corrected chi connectivity index (χ1v) is 9.01. The summed E-state index contributed by atoms with van der Waals surface area (Å²) in [5, 5.41) is 3.29. The predicted octanol–water partition coefficient (Wildman–Crippen LogP) is 1.95. The van der Waals surface area contributed by atoms with Gasteiger partial charge in [0.15, 0.2) is 0 Å². The van der Waals surface area contributed by atoms with E-state index in [0.717, 1.165) is 44.3 Å². The molecule has 2 aliphatic heterocycles. The Balaban J connectivity index is 1.82. The molecule has 2 heterocycles. The second-order valence-corrected chi connectivity index (χ2v) is 6.75. The lowest BCUT2D eigenvalue weighted by Gasteiger charge is -2.39. The van der Waals surface area contributed by atoms with E-state index in [-0.39, 0.29) is 11.8 Å². The monoisotopic (exact) mass is 329 g/mol. The van der Waals surface area contributed by atoms with Gasteiger partial charge in [-0.1, -0.05) is 30.3 Å². The van der Waals surface area contributed by atoms with Crippen molar-refractivity contribution in [1.82, 2.24) is 15.1 Å². The van der Waals surface area contributed by atoms with Gasteiger partial charge in [0.05, 0.1) is 0 Å². The molecule has 130 valence electrons. The Morgan fingerprint density at radius 3 is 2.46 bits per heavy atom. The Morgan fingerprint density at radius 2 is 1.83 bits per heavy atom. The summed E-state index contributed by atoms with van der Waals surface area (Å²) in [7, 11) is 1.97. The highest BCUT2D eigenvalue weighted by Gasteiger charge is 2.36. The van der Waals surface area contributed by atoms with Crippen LogP contribution in [-0.2, 0) is 9.59 Å². The van der Waals surface area contributed by atoms with E-state index in [1.54, 1.807) is 4.90 Å². The van der Waals surface area contributed by atoms with Crippen molar-refractivity contribution in [3.63, 3.8) is 0 Å².